The Morgan fingerprint density at radius 1 is 1.21 bits per heavy atom. The van der Waals surface area contributed by atoms with Gasteiger partial charge in [0.1, 0.15) is 5.75 Å². The predicted octanol–water partition coefficient (Wildman–Crippen LogP) is 3.27. The maximum atomic E-state index is 12.2. The molecule has 2 rings (SSSR count). The molecule has 132 valence electrons. The molecule has 1 fully saturated rings. The summed E-state index contributed by atoms with van der Waals surface area (Å²) in [6.45, 7) is 8.67. The van der Waals surface area contributed by atoms with Crippen LogP contribution in [-0.4, -0.2) is 30.3 Å². The summed E-state index contributed by atoms with van der Waals surface area (Å²) in [5, 5.41) is 9.46. The third-order valence-electron chi connectivity index (χ3n) is 4.14. The molecule has 1 aromatic rings. The van der Waals surface area contributed by atoms with Gasteiger partial charge in [0.2, 0.25) is 0 Å². The molecule has 0 aromatic heterocycles. The largest absolute Gasteiger partial charge is 0.496 e. The Morgan fingerprint density at radius 2 is 1.83 bits per heavy atom. The Balaban J connectivity index is 1.90. The molecule has 0 bridgehead atoms. The van der Waals surface area contributed by atoms with Crippen LogP contribution in [0.15, 0.2) is 30.5 Å². The molecule has 2 amide bonds. The van der Waals surface area contributed by atoms with Crippen LogP contribution < -0.4 is 20.7 Å². The molecule has 0 atom stereocenters. The summed E-state index contributed by atoms with van der Waals surface area (Å²) in [5.74, 6) is 0.776. The van der Waals surface area contributed by atoms with Gasteiger partial charge in [-0.1, -0.05) is 18.2 Å². The third-order valence-corrected chi connectivity index (χ3v) is 4.14. The smallest absolute Gasteiger partial charge is 0.318 e. The van der Waals surface area contributed by atoms with Crippen molar-refractivity contribution in [1.29, 1.82) is 0 Å². The minimum absolute atomic E-state index is 0.00689. The van der Waals surface area contributed by atoms with Crippen molar-refractivity contribution in [3.8, 4) is 5.75 Å². The lowest BCUT2D eigenvalue weighted by Gasteiger charge is -2.46. The summed E-state index contributed by atoms with van der Waals surface area (Å²) in [7, 11) is 1.63. The lowest BCUT2D eigenvalue weighted by molar-refractivity contribution is 0.148. The number of carbonyl (C=O) groups excluding carboxylic acids is 1. The summed E-state index contributed by atoms with van der Waals surface area (Å²) in [6, 6.07) is 7.64. The number of para-hydroxylation sites is 1. The van der Waals surface area contributed by atoms with Gasteiger partial charge >= 0.3 is 6.03 Å². The van der Waals surface area contributed by atoms with Crippen molar-refractivity contribution in [2.45, 2.75) is 57.7 Å². The number of ether oxygens (including phenoxy) is 1. The molecular formula is C19H29N3O2. The minimum Gasteiger partial charge on any atom is -0.496 e. The van der Waals surface area contributed by atoms with Gasteiger partial charge in [-0.2, -0.15) is 0 Å². The summed E-state index contributed by atoms with van der Waals surface area (Å²) in [4.78, 5) is 12.2. The first-order chi connectivity index (χ1) is 11.2. The Labute approximate surface area is 144 Å². The molecule has 5 heteroatoms. The summed E-state index contributed by atoms with van der Waals surface area (Å²) in [5.41, 5.74) is 0.935. The monoisotopic (exact) mass is 331 g/mol. The van der Waals surface area contributed by atoms with E-state index in [4.69, 9.17) is 4.74 Å². The maximum Gasteiger partial charge on any atom is 0.318 e. The van der Waals surface area contributed by atoms with Crippen LogP contribution >= 0.6 is 0 Å². The topological polar surface area (TPSA) is 62.4 Å². The molecule has 1 heterocycles. The molecule has 0 aliphatic carbocycles. The van der Waals surface area contributed by atoms with Gasteiger partial charge < -0.3 is 20.7 Å². The number of nitrogens with one attached hydrogen (secondary N) is 3. The second-order valence-electron chi connectivity index (χ2n) is 7.69. The normalized spacial score (nSPS) is 19.9. The number of methoxy groups -OCH3 is 1. The van der Waals surface area contributed by atoms with E-state index in [0.717, 1.165) is 24.2 Å². The van der Waals surface area contributed by atoms with Crippen LogP contribution in [0.4, 0.5) is 4.79 Å². The van der Waals surface area contributed by atoms with Crippen molar-refractivity contribution in [2.75, 3.05) is 7.11 Å². The number of piperidine rings is 1. The standard InChI is InChI=1S/C19H29N3O2/c1-18(2)12-15(13-19(3,4)22-18)21-17(23)20-11-10-14-8-6-7-9-16(14)24-5/h6-11,15,22H,12-13H2,1-5H3,(H2,20,21,23)/b11-10+. The van der Waals surface area contributed by atoms with Crippen molar-refractivity contribution in [3.63, 3.8) is 0 Å². The van der Waals surface area contributed by atoms with E-state index < -0.39 is 0 Å². The summed E-state index contributed by atoms with van der Waals surface area (Å²) < 4.78 is 5.28. The van der Waals surface area contributed by atoms with E-state index in [2.05, 4.69) is 43.6 Å². The highest BCUT2D eigenvalue weighted by molar-refractivity contribution is 5.76. The van der Waals surface area contributed by atoms with Crippen LogP contribution in [0.25, 0.3) is 6.08 Å². The van der Waals surface area contributed by atoms with Crippen molar-refractivity contribution in [2.24, 2.45) is 0 Å². The first-order valence-electron chi connectivity index (χ1n) is 8.37. The van der Waals surface area contributed by atoms with E-state index in [1.807, 2.05) is 30.3 Å². The predicted molar refractivity (Wildman–Crippen MR) is 98.0 cm³/mol. The van der Waals surface area contributed by atoms with Gasteiger partial charge in [0.05, 0.1) is 7.11 Å². The van der Waals surface area contributed by atoms with Crippen molar-refractivity contribution in [3.05, 3.63) is 36.0 Å². The Hall–Kier alpha value is -2.01. The number of hydrogen-bond acceptors (Lipinski definition) is 3. The Kier molecular flexibility index (Phi) is 5.54. The zero-order chi connectivity index (χ0) is 17.8. The van der Waals surface area contributed by atoms with E-state index in [1.165, 1.54) is 0 Å². The maximum absolute atomic E-state index is 12.2. The highest BCUT2D eigenvalue weighted by atomic mass is 16.5. The molecule has 0 spiro atoms. The van der Waals surface area contributed by atoms with E-state index in [1.54, 1.807) is 13.3 Å². The lowest BCUT2D eigenvalue weighted by atomic mass is 9.80. The van der Waals surface area contributed by atoms with Crippen LogP contribution in [0.5, 0.6) is 5.75 Å². The number of amides is 2. The van der Waals surface area contributed by atoms with Gasteiger partial charge in [-0.25, -0.2) is 4.79 Å². The van der Waals surface area contributed by atoms with E-state index >= 15 is 0 Å². The average Bonchev–Trinajstić information content (AvgIpc) is 2.44. The molecular weight excluding hydrogens is 302 g/mol. The zero-order valence-electron chi connectivity index (χ0n) is 15.3. The molecule has 5 nitrogen and oxygen atoms in total. The molecule has 1 saturated heterocycles. The molecule has 3 N–H and O–H groups in total. The van der Waals surface area contributed by atoms with Gasteiger partial charge in [-0.3, -0.25) is 0 Å². The molecule has 24 heavy (non-hydrogen) atoms. The minimum atomic E-state index is -0.181. The Bertz CT molecular complexity index is 592. The van der Waals surface area contributed by atoms with Gasteiger partial charge in [-0.15, -0.1) is 0 Å². The molecule has 0 saturated carbocycles. The molecule has 1 aromatic carbocycles. The fourth-order valence-electron chi connectivity index (χ4n) is 3.66. The number of urea groups is 1. The van der Waals surface area contributed by atoms with E-state index in [9.17, 15) is 4.79 Å². The quantitative estimate of drug-likeness (QED) is 0.793. The highest BCUT2D eigenvalue weighted by Crippen LogP contribution is 2.28. The third kappa shape index (κ3) is 5.27. The summed E-state index contributed by atoms with van der Waals surface area (Å²) >= 11 is 0. The molecule has 1 aliphatic rings. The van der Waals surface area contributed by atoms with Crippen molar-refractivity contribution >= 4 is 12.1 Å². The van der Waals surface area contributed by atoms with Crippen LogP contribution in [0.1, 0.15) is 46.1 Å². The van der Waals surface area contributed by atoms with Gasteiger partial charge in [-0.05, 0) is 52.7 Å². The van der Waals surface area contributed by atoms with Crippen LogP contribution in [0, 0.1) is 0 Å². The van der Waals surface area contributed by atoms with Crippen LogP contribution in [0.2, 0.25) is 0 Å². The molecule has 0 radical (unpaired) electrons. The first kappa shape index (κ1) is 18.3. The number of carbonyl (C=O) groups is 1. The fraction of sp³-hybridized carbons (Fsp3) is 0.526. The van der Waals surface area contributed by atoms with Gasteiger partial charge in [0.25, 0.3) is 0 Å². The van der Waals surface area contributed by atoms with Crippen LogP contribution in [-0.2, 0) is 0 Å². The van der Waals surface area contributed by atoms with Gasteiger partial charge in [0.15, 0.2) is 0 Å². The SMILES string of the molecule is COc1ccccc1/C=C/NC(=O)NC1CC(C)(C)NC(C)(C)C1. The average molecular weight is 331 g/mol. The second kappa shape index (κ2) is 7.26. The number of benzene rings is 1. The number of rotatable bonds is 4. The molecule has 1 aliphatic heterocycles. The zero-order valence-corrected chi connectivity index (χ0v) is 15.3. The Morgan fingerprint density at radius 3 is 2.46 bits per heavy atom. The molecule has 0 unspecified atom stereocenters. The van der Waals surface area contributed by atoms with Crippen LogP contribution in [0.3, 0.4) is 0 Å². The van der Waals surface area contributed by atoms with Gasteiger partial charge in [0, 0.05) is 28.9 Å². The lowest BCUT2D eigenvalue weighted by Crippen LogP contribution is -2.62. The van der Waals surface area contributed by atoms with Crippen molar-refractivity contribution < 1.29 is 9.53 Å². The highest BCUT2D eigenvalue weighted by Gasteiger charge is 2.38. The van der Waals surface area contributed by atoms with Crippen molar-refractivity contribution in [1.82, 2.24) is 16.0 Å². The second-order valence-corrected chi connectivity index (χ2v) is 7.69. The van der Waals surface area contributed by atoms with E-state index in [-0.39, 0.29) is 23.2 Å². The fourth-order valence-corrected chi connectivity index (χ4v) is 3.66. The van der Waals surface area contributed by atoms with E-state index in [0.29, 0.717) is 0 Å². The first-order valence-corrected chi connectivity index (χ1v) is 8.37. The number of hydrogen-bond donors (Lipinski definition) is 3. The summed E-state index contributed by atoms with van der Waals surface area (Å²) in [6.07, 6.45) is 5.28.